The zero-order valence-electron chi connectivity index (χ0n) is 15.4. The molecule has 0 bridgehead atoms. The molecule has 0 aromatic heterocycles. The number of hydrogen-bond acceptors (Lipinski definition) is 3. The molecule has 0 aliphatic rings. The lowest BCUT2D eigenvalue weighted by molar-refractivity contribution is -0.145. The summed E-state index contributed by atoms with van der Waals surface area (Å²) < 4.78 is 5.23. The Kier molecular flexibility index (Phi) is 11.0. The van der Waals surface area contributed by atoms with E-state index in [0.717, 1.165) is 12.8 Å². The van der Waals surface area contributed by atoms with Gasteiger partial charge in [0.1, 0.15) is 6.04 Å². The van der Waals surface area contributed by atoms with Crippen molar-refractivity contribution < 1.29 is 14.3 Å². The molecule has 0 spiro atoms. The van der Waals surface area contributed by atoms with E-state index >= 15 is 0 Å². The highest BCUT2D eigenvalue weighted by Crippen LogP contribution is 2.14. The standard InChI is InChI=1S/C20H30ClNO3/c1-3-4-5-6-7-8-9-12-15-25-20(24)16(2)22-19(23)17-13-10-11-14-18(17)21/h10-11,13-14,16H,3-9,12,15H2,1-2H3,(H,22,23). The Morgan fingerprint density at radius 2 is 1.64 bits per heavy atom. The first-order valence-corrected chi connectivity index (χ1v) is 9.66. The molecule has 25 heavy (non-hydrogen) atoms. The Hall–Kier alpha value is -1.55. The van der Waals surface area contributed by atoms with Gasteiger partial charge in [0.2, 0.25) is 0 Å². The van der Waals surface area contributed by atoms with Gasteiger partial charge in [-0.1, -0.05) is 75.6 Å². The summed E-state index contributed by atoms with van der Waals surface area (Å²) >= 11 is 5.98. The van der Waals surface area contributed by atoms with Crippen LogP contribution in [0.25, 0.3) is 0 Å². The molecule has 0 heterocycles. The summed E-state index contributed by atoms with van der Waals surface area (Å²) in [5.41, 5.74) is 0.354. The lowest BCUT2D eigenvalue weighted by Crippen LogP contribution is -2.39. The van der Waals surface area contributed by atoms with Crippen molar-refractivity contribution in [1.82, 2.24) is 5.32 Å². The monoisotopic (exact) mass is 367 g/mol. The topological polar surface area (TPSA) is 55.4 Å². The molecule has 0 saturated carbocycles. The van der Waals surface area contributed by atoms with Gasteiger partial charge in [-0.25, -0.2) is 4.79 Å². The van der Waals surface area contributed by atoms with E-state index in [4.69, 9.17) is 16.3 Å². The zero-order chi connectivity index (χ0) is 18.5. The van der Waals surface area contributed by atoms with Gasteiger partial charge in [0.05, 0.1) is 17.2 Å². The Bertz CT molecular complexity index is 533. The minimum atomic E-state index is -0.696. The van der Waals surface area contributed by atoms with Crippen LogP contribution in [0.2, 0.25) is 5.02 Å². The van der Waals surface area contributed by atoms with Gasteiger partial charge in [-0.3, -0.25) is 4.79 Å². The summed E-state index contributed by atoms with van der Waals surface area (Å²) in [6.07, 6.45) is 9.55. The molecule has 0 fully saturated rings. The fourth-order valence-corrected chi connectivity index (χ4v) is 2.73. The number of hydrogen-bond donors (Lipinski definition) is 1. The molecule has 0 aliphatic carbocycles. The molecule has 4 nitrogen and oxygen atoms in total. The average Bonchev–Trinajstić information content (AvgIpc) is 2.60. The highest BCUT2D eigenvalue weighted by atomic mass is 35.5. The van der Waals surface area contributed by atoms with Crippen LogP contribution < -0.4 is 5.32 Å². The van der Waals surface area contributed by atoms with E-state index in [-0.39, 0.29) is 5.91 Å². The third kappa shape index (κ3) is 8.92. The Morgan fingerprint density at radius 1 is 1.04 bits per heavy atom. The summed E-state index contributed by atoms with van der Waals surface area (Å²) in [5.74, 6) is -0.787. The van der Waals surface area contributed by atoms with E-state index in [2.05, 4.69) is 12.2 Å². The maximum Gasteiger partial charge on any atom is 0.328 e. The first-order valence-electron chi connectivity index (χ1n) is 9.28. The van der Waals surface area contributed by atoms with Crippen molar-refractivity contribution in [2.75, 3.05) is 6.61 Å². The Balaban J connectivity index is 2.16. The van der Waals surface area contributed by atoms with Crippen molar-refractivity contribution in [3.05, 3.63) is 34.9 Å². The number of rotatable bonds is 12. The van der Waals surface area contributed by atoms with Crippen LogP contribution in [0.4, 0.5) is 0 Å². The summed E-state index contributed by atoms with van der Waals surface area (Å²) in [5, 5.41) is 2.98. The SMILES string of the molecule is CCCCCCCCCCOC(=O)C(C)NC(=O)c1ccccc1Cl. The van der Waals surface area contributed by atoms with Crippen LogP contribution in [0.5, 0.6) is 0 Å². The first-order chi connectivity index (χ1) is 12.1. The van der Waals surface area contributed by atoms with Gasteiger partial charge in [-0.2, -0.15) is 0 Å². The van der Waals surface area contributed by atoms with Gasteiger partial charge < -0.3 is 10.1 Å². The highest BCUT2D eigenvalue weighted by Gasteiger charge is 2.19. The van der Waals surface area contributed by atoms with Crippen molar-refractivity contribution in [3.8, 4) is 0 Å². The van der Waals surface area contributed by atoms with Crippen LogP contribution in [0.1, 0.15) is 75.6 Å². The number of ether oxygens (including phenoxy) is 1. The van der Waals surface area contributed by atoms with E-state index in [9.17, 15) is 9.59 Å². The molecule has 1 aromatic rings. The number of carbonyl (C=O) groups excluding carboxylic acids is 2. The number of nitrogens with one attached hydrogen (secondary N) is 1. The molecule has 0 aliphatic heterocycles. The summed E-state index contributed by atoms with van der Waals surface area (Å²) in [7, 11) is 0. The second-order valence-corrected chi connectivity index (χ2v) is 6.72. The predicted molar refractivity (Wildman–Crippen MR) is 102 cm³/mol. The van der Waals surface area contributed by atoms with Crippen LogP contribution >= 0.6 is 11.6 Å². The Morgan fingerprint density at radius 3 is 2.28 bits per heavy atom. The second kappa shape index (κ2) is 12.8. The first kappa shape index (κ1) is 21.5. The van der Waals surface area contributed by atoms with E-state index in [1.54, 1.807) is 31.2 Å². The minimum Gasteiger partial charge on any atom is -0.464 e. The molecule has 140 valence electrons. The maximum atomic E-state index is 12.1. The molecule has 1 aromatic carbocycles. The van der Waals surface area contributed by atoms with Crippen molar-refractivity contribution in [1.29, 1.82) is 0 Å². The smallest absolute Gasteiger partial charge is 0.328 e. The van der Waals surface area contributed by atoms with Crippen LogP contribution in [-0.4, -0.2) is 24.5 Å². The average molecular weight is 368 g/mol. The van der Waals surface area contributed by atoms with E-state index in [0.29, 0.717) is 17.2 Å². The molecule has 1 atom stereocenters. The number of unbranched alkanes of at least 4 members (excludes halogenated alkanes) is 7. The Labute approximate surface area is 156 Å². The number of benzene rings is 1. The van der Waals surface area contributed by atoms with Crippen molar-refractivity contribution in [2.45, 2.75) is 71.3 Å². The molecule has 1 amide bonds. The zero-order valence-corrected chi connectivity index (χ0v) is 16.1. The fraction of sp³-hybridized carbons (Fsp3) is 0.600. The van der Waals surface area contributed by atoms with Gasteiger partial charge in [-0.05, 0) is 25.5 Å². The molecule has 1 rings (SSSR count). The second-order valence-electron chi connectivity index (χ2n) is 6.32. The van der Waals surface area contributed by atoms with Crippen molar-refractivity contribution >= 4 is 23.5 Å². The van der Waals surface area contributed by atoms with Gasteiger partial charge >= 0.3 is 5.97 Å². The number of halogens is 1. The van der Waals surface area contributed by atoms with Crippen LogP contribution in [0.3, 0.4) is 0 Å². The quantitative estimate of drug-likeness (QED) is 0.411. The molecule has 1 unspecified atom stereocenters. The number of amides is 1. The molecule has 0 radical (unpaired) electrons. The lowest BCUT2D eigenvalue weighted by atomic mass is 10.1. The maximum absolute atomic E-state index is 12.1. The van der Waals surface area contributed by atoms with E-state index in [1.165, 1.54) is 38.5 Å². The van der Waals surface area contributed by atoms with Gasteiger partial charge in [0.15, 0.2) is 0 Å². The van der Waals surface area contributed by atoms with Crippen molar-refractivity contribution in [2.24, 2.45) is 0 Å². The summed E-state index contributed by atoms with van der Waals surface area (Å²) in [6, 6.07) is 6.04. The van der Waals surface area contributed by atoms with Crippen LogP contribution in [0.15, 0.2) is 24.3 Å². The predicted octanol–water partition coefficient (Wildman–Crippen LogP) is 5.14. The molecular weight excluding hydrogens is 338 g/mol. The van der Waals surface area contributed by atoms with E-state index in [1.807, 2.05) is 0 Å². The molecule has 5 heteroatoms. The number of esters is 1. The third-order valence-corrected chi connectivity index (χ3v) is 4.39. The van der Waals surface area contributed by atoms with Crippen LogP contribution in [0, 0.1) is 0 Å². The van der Waals surface area contributed by atoms with Gasteiger partial charge in [0.25, 0.3) is 5.91 Å². The van der Waals surface area contributed by atoms with Gasteiger partial charge in [-0.15, -0.1) is 0 Å². The summed E-state index contributed by atoms with van der Waals surface area (Å²) in [6.45, 7) is 4.23. The van der Waals surface area contributed by atoms with E-state index < -0.39 is 12.0 Å². The largest absolute Gasteiger partial charge is 0.464 e. The lowest BCUT2D eigenvalue weighted by Gasteiger charge is -2.14. The summed E-state index contributed by atoms with van der Waals surface area (Å²) in [4.78, 5) is 24.0. The highest BCUT2D eigenvalue weighted by molar-refractivity contribution is 6.33. The molecule has 1 N–H and O–H groups in total. The number of carbonyl (C=O) groups is 2. The molecular formula is C20H30ClNO3. The third-order valence-electron chi connectivity index (χ3n) is 4.06. The van der Waals surface area contributed by atoms with Gasteiger partial charge in [0, 0.05) is 0 Å². The normalized spacial score (nSPS) is 11.8. The minimum absolute atomic E-state index is 0.354. The van der Waals surface area contributed by atoms with Crippen molar-refractivity contribution in [3.63, 3.8) is 0 Å². The fourth-order valence-electron chi connectivity index (χ4n) is 2.51. The molecule has 0 saturated heterocycles. The van der Waals surface area contributed by atoms with Crippen LogP contribution in [-0.2, 0) is 9.53 Å².